The highest BCUT2D eigenvalue weighted by Gasteiger charge is 2.35. The molecule has 0 unspecified atom stereocenters. The maximum atomic E-state index is 13.6. The number of carbonyl (C=O) groups is 1. The molecule has 0 radical (unpaired) electrons. The molecule has 2 heterocycles. The van der Waals surface area contributed by atoms with Gasteiger partial charge < -0.3 is 15.1 Å². The van der Waals surface area contributed by atoms with Crippen LogP contribution in [0.2, 0.25) is 0 Å². The van der Waals surface area contributed by atoms with Crippen LogP contribution in [0.3, 0.4) is 0 Å². The summed E-state index contributed by atoms with van der Waals surface area (Å²) in [4.78, 5) is 16.1. The van der Waals surface area contributed by atoms with E-state index in [-0.39, 0.29) is 17.2 Å². The van der Waals surface area contributed by atoms with Crippen LogP contribution in [0.1, 0.15) is 21.5 Å². The summed E-state index contributed by atoms with van der Waals surface area (Å²) >= 11 is 0. The van der Waals surface area contributed by atoms with Crippen LogP contribution >= 0.6 is 0 Å². The number of benzene rings is 2. The summed E-state index contributed by atoms with van der Waals surface area (Å²) in [5.74, 6) is 0.274. The highest BCUT2D eigenvalue weighted by molar-refractivity contribution is 6.03. The highest BCUT2D eigenvalue weighted by Crippen LogP contribution is 2.42. The smallest absolute Gasteiger partial charge is 0.417 e. The van der Waals surface area contributed by atoms with E-state index in [1.54, 1.807) is 24.3 Å². The third-order valence-electron chi connectivity index (χ3n) is 4.61. The Bertz CT molecular complexity index is 1100. The van der Waals surface area contributed by atoms with Crippen molar-refractivity contribution in [3.63, 3.8) is 0 Å². The van der Waals surface area contributed by atoms with Crippen LogP contribution in [0.15, 0.2) is 64.4 Å². The van der Waals surface area contributed by atoms with Crippen molar-refractivity contribution in [3.8, 4) is 11.1 Å². The number of nitrogens with one attached hydrogen (secondary N) is 2. The van der Waals surface area contributed by atoms with Crippen molar-refractivity contribution in [3.05, 3.63) is 71.7 Å². The number of rotatable bonds is 3. The molecule has 0 saturated carbocycles. The molecule has 29 heavy (non-hydrogen) atoms. The fourth-order valence-corrected chi connectivity index (χ4v) is 3.26. The Labute approximate surface area is 164 Å². The average Bonchev–Trinajstić information content (AvgIpc) is 3.34. The zero-order chi connectivity index (χ0) is 20.6. The summed E-state index contributed by atoms with van der Waals surface area (Å²) in [6.07, 6.45) is -1.54. The van der Waals surface area contributed by atoms with Crippen LogP contribution in [0, 0.1) is 0 Å². The molecule has 1 aliphatic heterocycles. The number of anilines is 1. The van der Waals surface area contributed by atoms with Crippen molar-refractivity contribution in [2.75, 3.05) is 12.4 Å². The summed E-state index contributed by atoms with van der Waals surface area (Å²) in [7, 11) is 1.54. The molecule has 1 amide bonds. The van der Waals surface area contributed by atoms with Gasteiger partial charge in [0.2, 0.25) is 0 Å². The van der Waals surface area contributed by atoms with E-state index in [1.165, 1.54) is 31.7 Å². The lowest BCUT2D eigenvalue weighted by atomic mass is 9.97. The number of halogens is 3. The molecular formula is C21H16F3N3O2. The van der Waals surface area contributed by atoms with Crippen LogP contribution in [-0.2, 0) is 12.6 Å². The minimum absolute atomic E-state index is 0.0584. The minimum atomic E-state index is -4.52. The molecule has 1 aromatic heterocycles. The van der Waals surface area contributed by atoms with Crippen molar-refractivity contribution in [2.24, 2.45) is 4.99 Å². The topological polar surface area (TPSA) is 66.6 Å². The molecule has 0 atom stereocenters. The number of carbonyl (C=O) groups excluding carboxylic acids is 1. The number of alkyl halides is 3. The summed E-state index contributed by atoms with van der Waals surface area (Å²) in [5, 5.41) is 5.63. The van der Waals surface area contributed by atoms with E-state index < -0.39 is 11.7 Å². The summed E-state index contributed by atoms with van der Waals surface area (Å²) in [6.45, 7) is 0. The summed E-state index contributed by atoms with van der Waals surface area (Å²) in [6, 6.07) is 10.9. The molecule has 1 aliphatic rings. The number of hydrogen-bond donors (Lipinski definition) is 2. The Morgan fingerprint density at radius 2 is 2.00 bits per heavy atom. The number of hydrogen-bond acceptors (Lipinski definition) is 4. The van der Waals surface area contributed by atoms with Crippen LogP contribution in [-0.4, -0.2) is 18.8 Å². The standard InChI is InChI=1S/C21H16F3N3O2/c1-25-20(28)12-3-2-4-15(7-12)26-19-9-14-8-16(13-5-6-29-11-13)17(21(22,23)24)10-18(14)27-19/h2-8,10-11H,9H2,1H3,(H,25,28)(H,26,27). The van der Waals surface area contributed by atoms with Crippen molar-refractivity contribution in [1.82, 2.24) is 5.32 Å². The molecule has 3 aromatic rings. The maximum Gasteiger partial charge on any atom is 0.417 e. The van der Waals surface area contributed by atoms with E-state index in [2.05, 4.69) is 15.6 Å². The first-order chi connectivity index (χ1) is 13.8. The quantitative estimate of drug-likeness (QED) is 0.650. The first kappa shape index (κ1) is 18.8. The third kappa shape index (κ3) is 3.73. The Balaban J connectivity index is 1.65. The lowest BCUT2D eigenvalue weighted by Crippen LogP contribution is -2.18. The summed E-state index contributed by atoms with van der Waals surface area (Å²) < 4.78 is 45.7. The normalized spacial score (nSPS) is 13.0. The number of nitrogens with zero attached hydrogens (tertiary/aromatic N) is 1. The van der Waals surface area contributed by atoms with Gasteiger partial charge in [0.1, 0.15) is 5.84 Å². The highest BCUT2D eigenvalue weighted by atomic mass is 19.4. The van der Waals surface area contributed by atoms with Gasteiger partial charge in [0.05, 0.1) is 23.8 Å². The van der Waals surface area contributed by atoms with Crippen LogP contribution < -0.4 is 10.6 Å². The lowest BCUT2D eigenvalue weighted by Gasteiger charge is -2.13. The van der Waals surface area contributed by atoms with Gasteiger partial charge in [0.25, 0.3) is 5.91 Å². The molecule has 8 heteroatoms. The van der Waals surface area contributed by atoms with E-state index in [1.807, 2.05) is 0 Å². The zero-order valence-electron chi connectivity index (χ0n) is 15.3. The van der Waals surface area contributed by atoms with Gasteiger partial charge >= 0.3 is 6.18 Å². The maximum absolute atomic E-state index is 13.6. The van der Waals surface area contributed by atoms with E-state index in [4.69, 9.17) is 4.42 Å². The van der Waals surface area contributed by atoms with Gasteiger partial charge in [0.15, 0.2) is 0 Å². The molecular weight excluding hydrogens is 383 g/mol. The molecule has 0 spiro atoms. The van der Waals surface area contributed by atoms with Crippen LogP contribution in [0.5, 0.6) is 0 Å². The lowest BCUT2D eigenvalue weighted by molar-refractivity contribution is -0.137. The van der Waals surface area contributed by atoms with E-state index in [0.29, 0.717) is 34.6 Å². The number of aliphatic imine (C=N–C) groups is 1. The van der Waals surface area contributed by atoms with Crippen LogP contribution in [0.25, 0.3) is 11.1 Å². The van der Waals surface area contributed by atoms with Gasteiger partial charge in [-0.1, -0.05) is 6.07 Å². The van der Waals surface area contributed by atoms with Gasteiger partial charge in [-0.15, -0.1) is 0 Å². The monoisotopic (exact) mass is 399 g/mol. The van der Waals surface area contributed by atoms with E-state index in [9.17, 15) is 18.0 Å². The number of amides is 1. The molecule has 2 aromatic carbocycles. The van der Waals surface area contributed by atoms with Gasteiger partial charge in [-0.25, -0.2) is 4.99 Å². The predicted octanol–water partition coefficient (Wildman–Crippen LogP) is 5.02. The van der Waals surface area contributed by atoms with Gasteiger partial charge in [0, 0.05) is 30.3 Å². The Morgan fingerprint density at radius 3 is 2.69 bits per heavy atom. The SMILES string of the molecule is CNC(=O)c1cccc(NC2=Nc3cc(C(F)(F)F)c(-c4ccoc4)cc3C2)c1. The summed E-state index contributed by atoms with van der Waals surface area (Å²) in [5.41, 5.74) is 1.71. The molecule has 4 rings (SSSR count). The Morgan fingerprint density at radius 1 is 1.17 bits per heavy atom. The first-order valence-electron chi connectivity index (χ1n) is 8.78. The average molecular weight is 399 g/mol. The minimum Gasteiger partial charge on any atom is -0.472 e. The van der Waals surface area contributed by atoms with Crippen molar-refractivity contribution >= 4 is 23.1 Å². The largest absolute Gasteiger partial charge is 0.472 e. The molecule has 0 aliphatic carbocycles. The Hall–Kier alpha value is -3.55. The molecule has 2 N–H and O–H groups in total. The molecule has 0 saturated heterocycles. The Kier molecular flexibility index (Phi) is 4.62. The second-order valence-corrected chi connectivity index (χ2v) is 6.56. The second-order valence-electron chi connectivity index (χ2n) is 6.56. The third-order valence-corrected chi connectivity index (χ3v) is 4.61. The first-order valence-corrected chi connectivity index (χ1v) is 8.78. The van der Waals surface area contributed by atoms with Gasteiger partial charge in [-0.3, -0.25) is 4.79 Å². The van der Waals surface area contributed by atoms with Gasteiger partial charge in [-0.2, -0.15) is 13.2 Å². The molecule has 0 bridgehead atoms. The fourth-order valence-electron chi connectivity index (χ4n) is 3.26. The number of furan rings is 1. The van der Waals surface area contributed by atoms with Gasteiger partial charge in [-0.05, 0) is 47.5 Å². The van der Waals surface area contributed by atoms with Crippen molar-refractivity contribution < 1.29 is 22.4 Å². The molecule has 5 nitrogen and oxygen atoms in total. The van der Waals surface area contributed by atoms with E-state index in [0.717, 1.165) is 6.07 Å². The second kappa shape index (κ2) is 7.12. The van der Waals surface area contributed by atoms with Crippen molar-refractivity contribution in [2.45, 2.75) is 12.6 Å². The zero-order valence-corrected chi connectivity index (χ0v) is 15.3. The molecule has 0 fully saturated rings. The molecule has 148 valence electrons. The predicted molar refractivity (Wildman–Crippen MR) is 103 cm³/mol. The fraction of sp³-hybridized carbons (Fsp3) is 0.143. The van der Waals surface area contributed by atoms with Crippen molar-refractivity contribution in [1.29, 1.82) is 0 Å². The van der Waals surface area contributed by atoms with Crippen LogP contribution in [0.4, 0.5) is 24.5 Å². The number of amidine groups is 1. The van der Waals surface area contributed by atoms with E-state index >= 15 is 0 Å². The number of fused-ring (bicyclic) bond motifs is 1.